The first kappa shape index (κ1) is 11.8. The Balaban J connectivity index is 2.67. The van der Waals surface area contributed by atoms with Crippen LogP contribution in [0.4, 0.5) is 13.2 Å². The van der Waals surface area contributed by atoms with Crippen LogP contribution in [0.3, 0.4) is 0 Å². The molecule has 0 aliphatic rings. The Morgan fingerprint density at radius 3 is 2.27 bits per heavy atom. The third kappa shape index (κ3) is 3.79. The molecule has 0 aromatic heterocycles. The third-order valence-electron chi connectivity index (χ3n) is 1.78. The van der Waals surface area contributed by atoms with Crippen molar-refractivity contribution in [2.75, 3.05) is 6.61 Å². The molecule has 0 fully saturated rings. The maximum Gasteiger partial charge on any atom is 0.425 e. The van der Waals surface area contributed by atoms with Gasteiger partial charge in [-0.05, 0) is 12.1 Å². The summed E-state index contributed by atoms with van der Waals surface area (Å²) in [5.74, 6) is 0.147. The highest BCUT2D eigenvalue weighted by Gasteiger charge is 2.41. The van der Waals surface area contributed by atoms with Crippen LogP contribution in [-0.2, 0) is 0 Å². The Hall–Kier alpha value is -1.23. The van der Waals surface area contributed by atoms with Crippen molar-refractivity contribution in [3.63, 3.8) is 0 Å². The summed E-state index contributed by atoms with van der Waals surface area (Å²) < 4.78 is 41.8. The summed E-state index contributed by atoms with van der Waals surface area (Å²) in [6, 6.07) is 7.73. The van der Waals surface area contributed by atoms with Crippen molar-refractivity contribution in [1.82, 2.24) is 0 Å². The Labute approximate surface area is 85.3 Å². The maximum absolute atomic E-state index is 12.4. The SMILES string of the molecule is OCC[C@@H](Oc1ccccc1)C(F)(F)F. The summed E-state index contributed by atoms with van der Waals surface area (Å²) in [7, 11) is 0. The zero-order valence-electron chi connectivity index (χ0n) is 7.87. The summed E-state index contributed by atoms with van der Waals surface area (Å²) in [5, 5.41) is 8.50. The zero-order chi connectivity index (χ0) is 11.3. The van der Waals surface area contributed by atoms with Gasteiger partial charge in [-0.2, -0.15) is 13.2 Å². The van der Waals surface area contributed by atoms with Gasteiger partial charge in [0.15, 0.2) is 6.10 Å². The maximum atomic E-state index is 12.4. The smallest absolute Gasteiger partial charge is 0.425 e. The highest BCUT2D eigenvalue weighted by Crippen LogP contribution is 2.26. The summed E-state index contributed by atoms with van der Waals surface area (Å²) in [4.78, 5) is 0. The Morgan fingerprint density at radius 2 is 1.80 bits per heavy atom. The van der Waals surface area contributed by atoms with Crippen molar-refractivity contribution in [2.45, 2.75) is 18.7 Å². The van der Waals surface area contributed by atoms with Gasteiger partial charge in [-0.15, -0.1) is 0 Å². The van der Waals surface area contributed by atoms with E-state index in [-0.39, 0.29) is 5.75 Å². The molecular weight excluding hydrogens is 209 g/mol. The molecule has 0 radical (unpaired) electrons. The first-order valence-corrected chi connectivity index (χ1v) is 4.43. The van der Waals surface area contributed by atoms with Gasteiger partial charge in [-0.1, -0.05) is 18.2 Å². The van der Waals surface area contributed by atoms with Crippen molar-refractivity contribution in [3.05, 3.63) is 30.3 Å². The fourth-order valence-corrected chi connectivity index (χ4v) is 1.07. The minimum atomic E-state index is -4.46. The van der Waals surface area contributed by atoms with E-state index in [1.165, 1.54) is 12.1 Å². The van der Waals surface area contributed by atoms with Crippen LogP contribution in [0.2, 0.25) is 0 Å². The molecule has 0 unspecified atom stereocenters. The summed E-state index contributed by atoms with van der Waals surface area (Å²) in [6.45, 7) is -0.559. The molecule has 15 heavy (non-hydrogen) atoms. The normalized spacial score (nSPS) is 13.6. The van der Waals surface area contributed by atoms with E-state index in [1.807, 2.05) is 0 Å². The van der Waals surface area contributed by atoms with E-state index in [0.29, 0.717) is 0 Å². The topological polar surface area (TPSA) is 29.5 Å². The molecule has 0 heterocycles. The first-order valence-electron chi connectivity index (χ1n) is 4.43. The first-order chi connectivity index (χ1) is 7.04. The number of hydrogen-bond donors (Lipinski definition) is 1. The quantitative estimate of drug-likeness (QED) is 0.844. The van der Waals surface area contributed by atoms with Crippen molar-refractivity contribution >= 4 is 0 Å². The van der Waals surface area contributed by atoms with E-state index in [4.69, 9.17) is 9.84 Å². The number of halogens is 3. The molecule has 0 aliphatic carbocycles. The second kappa shape index (κ2) is 5.02. The van der Waals surface area contributed by atoms with Crippen molar-refractivity contribution in [2.24, 2.45) is 0 Å². The highest BCUT2D eigenvalue weighted by molar-refractivity contribution is 5.21. The number of hydrogen-bond acceptors (Lipinski definition) is 2. The van der Waals surface area contributed by atoms with Crippen molar-refractivity contribution in [1.29, 1.82) is 0 Å². The molecular formula is C10H11F3O2. The lowest BCUT2D eigenvalue weighted by Crippen LogP contribution is -2.35. The van der Waals surface area contributed by atoms with E-state index in [1.54, 1.807) is 18.2 Å². The van der Waals surface area contributed by atoms with E-state index in [9.17, 15) is 13.2 Å². The van der Waals surface area contributed by atoms with E-state index < -0.39 is 25.3 Å². The van der Waals surface area contributed by atoms with Gasteiger partial charge < -0.3 is 9.84 Å². The number of aliphatic hydroxyl groups is 1. The highest BCUT2D eigenvalue weighted by atomic mass is 19.4. The third-order valence-corrected chi connectivity index (χ3v) is 1.78. The number of para-hydroxylation sites is 1. The molecule has 1 N–H and O–H groups in total. The van der Waals surface area contributed by atoms with Gasteiger partial charge in [-0.25, -0.2) is 0 Å². The number of rotatable bonds is 4. The number of aliphatic hydroxyl groups excluding tert-OH is 1. The van der Waals surface area contributed by atoms with Crippen LogP contribution in [0.15, 0.2) is 30.3 Å². The summed E-state index contributed by atoms with van der Waals surface area (Å²) in [6.07, 6.45) is -6.87. The fraction of sp³-hybridized carbons (Fsp3) is 0.400. The van der Waals surface area contributed by atoms with Gasteiger partial charge in [0.25, 0.3) is 0 Å². The molecule has 2 nitrogen and oxygen atoms in total. The average Bonchev–Trinajstić information content (AvgIpc) is 2.17. The standard InChI is InChI=1S/C10H11F3O2/c11-10(12,13)9(6-7-14)15-8-4-2-1-3-5-8/h1-5,9,14H,6-7H2/t9-/m1/s1. The molecule has 84 valence electrons. The number of alkyl halides is 3. The molecule has 1 rings (SSSR count). The molecule has 1 aromatic carbocycles. The second-order valence-corrected chi connectivity index (χ2v) is 2.97. The van der Waals surface area contributed by atoms with E-state index in [2.05, 4.69) is 0 Å². The average molecular weight is 220 g/mol. The lowest BCUT2D eigenvalue weighted by molar-refractivity contribution is -0.198. The van der Waals surface area contributed by atoms with Crippen LogP contribution in [0, 0.1) is 0 Å². The van der Waals surface area contributed by atoms with Gasteiger partial charge in [-0.3, -0.25) is 0 Å². The van der Waals surface area contributed by atoms with Crippen LogP contribution in [0.25, 0.3) is 0 Å². The van der Waals surface area contributed by atoms with Crippen LogP contribution in [0.1, 0.15) is 6.42 Å². The van der Waals surface area contributed by atoms with Crippen LogP contribution in [-0.4, -0.2) is 24.0 Å². The van der Waals surface area contributed by atoms with Gasteiger partial charge >= 0.3 is 6.18 Å². The Kier molecular flexibility index (Phi) is 3.96. The zero-order valence-corrected chi connectivity index (χ0v) is 7.87. The van der Waals surface area contributed by atoms with Gasteiger partial charge in [0, 0.05) is 13.0 Å². The monoisotopic (exact) mass is 220 g/mol. The molecule has 0 spiro atoms. The van der Waals surface area contributed by atoms with Crippen LogP contribution >= 0.6 is 0 Å². The van der Waals surface area contributed by atoms with E-state index in [0.717, 1.165) is 0 Å². The molecule has 0 bridgehead atoms. The molecule has 1 atom stereocenters. The molecule has 0 aliphatic heterocycles. The van der Waals surface area contributed by atoms with Crippen molar-refractivity contribution < 1.29 is 23.0 Å². The van der Waals surface area contributed by atoms with Crippen LogP contribution in [0.5, 0.6) is 5.75 Å². The fourth-order valence-electron chi connectivity index (χ4n) is 1.07. The number of ether oxygens (including phenoxy) is 1. The molecule has 1 aromatic rings. The van der Waals surface area contributed by atoms with E-state index >= 15 is 0 Å². The van der Waals surface area contributed by atoms with Crippen molar-refractivity contribution in [3.8, 4) is 5.75 Å². The molecule has 0 amide bonds. The predicted molar refractivity (Wildman–Crippen MR) is 48.6 cm³/mol. The van der Waals surface area contributed by atoms with Crippen LogP contribution < -0.4 is 4.74 Å². The lowest BCUT2D eigenvalue weighted by Gasteiger charge is -2.20. The Bertz CT molecular complexity index is 284. The number of benzene rings is 1. The van der Waals surface area contributed by atoms with Gasteiger partial charge in [0.2, 0.25) is 0 Å². The second-order valence-electron chi connectivity index (χ2n) is 2.97. The largest absolute Gasteiger partial charge is 0.481 e. The molecule has 5 heteroatoms. The predicted octanol–water partition coefficient (Wildman–Crippen LogP) is 2.38. The minimum Gasteiger partial charge on any atom is -0.481 e. The summed E-state index contributed by atoms with van der Waals surface area (Å²) in [5.41, 5.74) is 0. The van der Waals surface area contributed by atoms with Gasteiger partial charge in [0.1, 0.15) is 5.75 Å². The molecule has 0 saturated carbocycles. The summed E-state index contributed by atoms with van der Waals surface area (Å²) >= 11 is 0. The Morgan fingerprint density at radius 1 is 1.20 bits per heavy atom. The minimum absolute atomic E-state index is 0.147. The molecule has 0 saturated heterocycles. The van der Waals surface area contributed by atoms with Gasteiger partial charge in [0.05, 0.1) is 0 Å². The lowest BCUT2D eigenvalue weighted by atomic mass is 10.2.